The molecular weight excluding hydrogens is 224 g/mol. The van der Waals surface area contributed by atoms with E-state index in [1.807, 2.05) is 25.4 Å². The average Bonchev–Trinajstić information content (AvgIpc) is 3.03. The smallest absolute Gasteiger partial charge is 0.141 e. The van der Waals surface area contributed by atoms with Crippen LogP contribution >= 0.6 is 0 Å². The summed E-state index contributed by atoms with van der Waals surface area (Å²) in [7, 11) is 3.78. The molecule has 0 radical (unpaired) electrons. The molecule has 2 saturated carbocycles. The topological polar surface area (TPSA) is 34.2 Å². The summed E-state index contributed by atoms with van der Waals surface area (Å²) >= 11 is 0. The van der Waals surface area contributed by atoms with Gasteiger partial charge < -0.3 is 10.1 Å². The van der Waals surface area contributed by atoms with Crippen molar-refractivity contribution in [2.24, 2.45) is 17.8 Å². The second-order valence-corrected chi connectivity index (χ2v) is 5.70. The third-order valence-corrected chi connectivity index (χ3v) is 4.85. The molecular formula is C15H22N2O. The van der Waals surface area contributed by atoms with Gasteiger partial charge in [0.05, 0.1) is 18.8 Å². The SMILES string of the molecule is CNC(c1ncccc1OC)C1CC2CCC1C2. The van der Waals surface area contributed by atoms with E-state index >= 15 is 0 Å². The molecule has 0 aromatic carbocycles. The fraction of sp³-hybridized carbons (Fsp3) is 0.667. The molecule has 18 heavy (non-hydrogen) atoms. The van der Waals surface area contributed by atoms with E-state index in [0.717, 1.165) is 29.2 Å². The maximum atomic E-state index is 5.47. The van der Waals surface area contributed by atoms with Crippen LogP contribution in [0.3, 0.4) is 0 Å². The van der Waals surface area contributed by atoms with Gasteiger partial charge in [-0.2, -0.15) is 0 Å². The Morgan fingerprint density at radius 3 is 2.89 bits per heavy atom. The maximum Gasteiger partial charge on any atom is 0.141 e. The molecule has 98 valence electrons. The highest BCUT2D eigenvalue weighted by Crippen LogP contribution is 2.52. The number of aromatic nitrogens is 1. The number of rotatable bonds is 4. The molecule has 1 aromatic rings. The highest BCUT2D eigenvalue weighted by Gasteiger charge is 2.44. The Morgan fingerprint density at radius 1 is 1.39 bits per heavy atom. The molecule has 1 aromatic heterocycles. The minimum absolute atomic E-state index is 0.344. The number of hydrogen-bond donors (Lipinski definition) is 1. The summed E-state index contributed by atoms with van der Waals surface area (Å²) in [5.74, 6) is 3.50. The number of ether oxygens (including phenoxy) is 1. The quantitative estimate of drug-likeness (QED) is 0.887. The Balaban J connectivity index is 1.88. The third-order valence-electron chi connectivity index (χ3n) is 4.85. The summed E-state index contributed by atoms with van der Waals surface area (Å²) in [5.41, 5.74) is 1.08. The van der Waals surface area contributed by atoms with Crippen molar-refractivity contribution < 1.29 is 4.74 Å². The van der Waals surface area contributed by atoms with Crippen LogP contribution in [-0.4, -0.2) is 19.1 Å². The second kappa shape index (κ2) is 4.88. The number of fused-ring (bicyclic) bond motifs is 2. The first-order valence-corrected chi connectivity index (χ1v) is 6.99. The van der Waals surface area contributed by atoms with Gasteiger partial charge in [0.1, 0.15) is 5.75 Å². The summed E-state index contributed by atoms with van der Waals surface area (Å²) < 4.78 is 5.47. The molecule has 2 fully saturated rings. The molecule has 3 rings (SSSR count). The molecule has 2 aliphatic rings. The second-order valence-electron chi connectivity index (χ2n) is 5.70. The lowest BCUT2D eigenvalue weighted by Crippen LogP contribution is -2.30. The van der Waals surface area contributed by atoms with Crippen molar-refractivity contribution in [1.29, 1.82) is 0 Å². The molecule has 3 heteroatoms. The van der Waals surface area contributed by atoms with Crippen LogP contribution < -0.4 is 10.1 Å². The highest BCUT2D eigenvalue weighted by atomic mass is 16.5. The van der Waals surface area contributed by atoms with E-state index in [1.54, 1.807) is 7.11 Å². The fourth-order valence-corrected chi connectivity index (χ4v) is 4.06. The first-order chi connectivity index (χ1) is 8.83. The molecule has 3 nitrogen and oxygen atoms in total. The minimum Gasteiger partial charge on any atom is -0.495 e. The van der Waals surface area contributed by atoms with Gasteiger partial charge in [-0.05, 0) is 56.2 Å². The van der Waals surface area contributed by atoms with Gasteiger partial charge in [-0.25, -0.2) is 0 Å². The van der Waals surface area contributed by atoms with Crippen molar-refractivity contribution in [3.63, 3.8) is 0 Å². The van der Waals surface area contributed by atoms with Crippen LogP contribution in [-0.2, 0) is 0 Å². The molecule has 1 N–H and O–H groups in total. The molecule has 2 aliphatic carbocycles. The standard InChI is InChI=1S/C15H22N2O/c1-16-14(12-9-10-5-6-11(12)8-10)15-13(18-2)4-3-7-17-15/h3-4,7,10-12,14,16H,5-6,8-9H2,1-2H3. The zero-order valence-electron chi connectivity index (χ0n) is 11.2. The number of pyridine rings is 1. The Labute approximate surface area is 109 Å². The van der Waals surface area contributed by atoms with Gasteiger partial charge in [0, 0.05) is 6.20 Å². The van der Waals surface area contributed by atoms with E-state index in [2.05, 4.69) is 10.3 Å². The third kappa shape index (κ3) is 1.91. The monoisotopic (exact) mass is 246 g/mol. The van der Waals surface area contributed by atoms with E-state index in [-0.39, 0.29) is 0 Å². The Kier molecular flexibility index (Phi) is 3.25. The van der Waals surface area contributed by atoms with Gasteiger partial charge in [0.15, 0.2) is 0 Å². The first kappa shape index (κ1) is 12.0. The van der Waals surface area contributed by atoms with Gasteiger partial charge in [-0.15, -0.1) is 0 Å². The lowest BCUT2D eigenvalue weighted by Gasteiger charge is -2.30. The number of methoxy groups -OCH3 is 1. The predicted octanol–water partition coefficient (Wildman–Crippen LogP) is 2.79. The van der Waals surface area contributed by atoms with E-state index in [1.165, 1.54) is 25.7 Å². The van der Waals surface area contributed by atoms with Gasteiger partial charge in [-0.1, -0.05) is 6.42 Å². The summed E-state index contributed by atoms with van der Waals surface area (Å²) in [6.45, 7) is 0. The van der Waals surface area contributed by atoms with Gasteiger partial charge >= 0.3 is 0 Å². The fourth-order valence-electron chi connectivity index (χ4n) is 4.06. The van der Waals surface area contributed by atoms with Crippen LogP contribution in [0.15, 0.2) is 18.3 Å². The predicted molar refractivity (Wildman–Crippen MR) is 71.5 cm³/mol. The Bertz CT molecular complexity index is 421. The maximum absolute atomic E-state index is 5.47. The molecule has 0 amide bonds. The first-order valence-electron chi connectivity index (χ1n) is 6.99. The lowest BCUT2D eigenvalue weighted by atomic mass is 9.81. The highest BCUT2D eigenvalue weighted by molar-refractivity contribution is 5.30. The van der Waals surface area contributed by atoms with Crippen molar-refractivity contribution in [2.75, 3.05) is 14.2 Å². The van der Waals surface area contributed by atoms with E-state index in [9.17, 15) is 0 Å². The largest absolute Gasteiger partial charge is 0.495 e. The van der Waals surface area contributed by atoms with E-state index in [4.69, 9.17) is 4.74 Å². The zero-order chi connectivity index (χ0) is 12.5. The van der Waals surface area contributed by atoms with Gasteiger partial charge in [0.2, 0.25) is 0 Å². The average molecular weight is 246 g/mol. The lowest BCUT2D eigenvalue weighted by molar-refractivity contribution is 0.250. The van der Waals surface area contributed by atoms with Crippen molar-refractivity contribution in [1.82, 2.24) is 10.3 Å². The van der Waals surface area contributed by atoms with Crippen LogP contribution in [0.1, 0.15) is 37.4 Å². The van der Waals surface area contributed by atoms with Crippen LogP contribution in [0, 0.1) is 17.8 Å². The summed E-state index contributed by atoms with van der Waals surface area (Å²) in [6.07, 6.45) is 7.50. The Morgan fingerprint density at radius 2 is 2.28 bits per heavy atom. The van der Waals surface area contributed by atoms with Gasteiger partial charge in [0.25, 0.3) is 0 Å². The van der Waals surface area contributed by atoms with Crippen LogP contribution in [0.25, 0.3) is 0 Å². The van der Waals surface area contributed by atoms with Crippen molar-refractivity contribution in [3.8, 4) is 5.75 Å². The number of hydrogen-bond acceptors (Lipinski definition) is 3. The molecule has 2 bridgehead atoms. The molecule has 4 unspecified atom stereocenters. The molecule has 0 saturated heterocycles. The summed E-state index contributed by atoms with van der Waals surface area (Å²) in [4.78, 5) is 4.56. The van der Waals surface area contributed by atoms with Crippen molar-refractivity contribution in [2.45, 2.75) is 31.7 Å². The van der Waals surface area contributed by atoms with Crippen LogP contribution in [0.4, 0.5) is 0 Å². The molecule has 4 atom stereocenters. The molecule has 0 spiro atoms. The van der Waals surface area contributed by atoms with Crippen LogP contribution in [0.5, 0.6) is 5.75 Å². The van der Waals surface area contributed by atoms with Crippen molar-refractivity contribution in [3.05, 3.63) is 24.0 Å². The summed E-state index contributed by atoms with van der Waals surface area (Å²) in [6, 6.07) is 4.30. The summed E-state index contributed by atoms with van der Waals surface area (Å²) in [5, 5.41) is 3.48. The number of nitrogens with one attached hydrogen (secondary N) is 1. The Hall–Kier alpha value is -1.09. The van der Waals surface area contributed by atoms with E-state index in [0.29, 0.717) is 6.04 Å². The normalized spacial score (nSPS) is 31.6. The molecule has 1 heterocycles. The van der Waals surface area contributed by atoms with Gasteiger partial charge in [-0.3, -0.25) is 4.98 Å². The minimum atomic E-state index is 0.344. The van der Waals surface area contributed by atoms with Crippen molar-refractivity contribution >= 4 is 0 Å². The molecule has 0 aliphatic heterocycles. The number of nitrogens with zero attached hydrogens (tertiary/aromatic N) is 1. The van der Waals surface area contributed by atoms with Crippen LogP contribution in [0.2, 0.25) is 0 Å². The van der Waals surface area contributed by atoms with E-state index < -0.39 is 0 Å². The zero-order valence-corrected chi connectivity index (χ0v) is 11.2.